The fourth-order valence-electron chi connectivity index (χ4n) is 1.58. The number of benzene rings is 1. The SMILES string of the molecule is Nc1ccc(Cl)cc1-c1nc(-c2cc(Br)cs2)no1. The van der Waals surface area contributed by atoms with E-state index in [-0.39, 0.29) is 0 Å². The summed E-state index contributed by atoms with van der Waals surface area (Å²) in [6.07, 6.45) is 0. The third-order valence-corrected chi connectivity index (χ3v) is 4.38. The van der Waals surface area contributed by atoms with Gasteiger partial charge in [0.05, 0.1) is 10.4 Å². The molecule has 1 aromatic carbocycles. The van der Waals surface area contributed by atoms with Crippen LogP contribution in [-0.4, -0.2) is 10.1 Å². The zero-order chi connectivity index (χ0) is 13.4. The molecule has 96 valence electrons. The second-order valence-electron chi connectivity index (χ2n) is 3.78. The molecule has 7 heteroatoms. The smallest absolute Gasteiger partial charge is 0.260 e. The van der Waals surface area contributed by atoms with Crippen LogP contribution in [-0.2, 0) is 0 Å². The molecule has 4 nitrogen and oxygen atoms in total. The first-order chi connectivity index (χ1) is 9.13. The van der Waals surface area contributed by atoms with Crippen molar-refractivity contribution in [2.75, 3.05) is 5.73 Å². The Balaban J connectivity index is 2.03. The summed E-state index contributed by atoms with van der Waals surface area (Å²) in [5, 5.41) is 6.48. The molecule has 2 heterocycles. The van der Waals surface area contributed by atoms with Crippen molar-refractivity contribution in [2.45, 2.75) is 0 Å². The highest BCUT2D eigenvalue weighted by molar-refractivity contribution is 9.10. The highest BCUT2D eigenvalue weighted by Gasteiger charge is 2.14. The Hall–Kier alpha value is -1.37. The summed E-state index contributed by atoms with van der Waals surface area (Å²) in [7, 11) is 0. The Bertz CT molecular complexity index is 740. The third kappa shape index (κ3) is 2.51. The molecule has 0 unspecified atom stereocenters. The van der Waals surface area contributed by atoms with Crippen molar-refractivity contribution in [3.05, 3.63) is 39.1 Å². The first kappa shape index (κ1) is 12.7. The molecule has 3 aromatic rings. The second kappa shape index (κ2) is 4.96. The Morgan fingerprint density at radius 3 is 2.89 bits per heavy atom. The highest BCUT2D eigenvalue weighted by Crippen LogP contribution is 2.32. The van der Waals surface area contributed by atoms with Crippen LogP contribution >= 0.6 is 38.9 Å². The Morgan fingerprint density at radius 1 is 1.32 bits per heavy atom. The van der Waals surface area contributed by atoms with Crippen LogP contribution in [0.1, 0.15) is 0 Å². The summed E-state index contributed by atoms with van der Waals surface area (Å²) >= 11 is 10.9. The lowest BCUT2D eigenvalue weighted by molar-refractivity contribution is 0.432. The van der Waals surface area contributed by atoms with Gasteiger partial charge in [0.15, 0.2) is 0 Å². The van der Waals surface area contributed by atoms with Crippen molar-refractivity contribution in [1.82, 2.24) is 10.1 Å². The maximum absolute atomic E-state index is 5.94. The maximum atomic E-state index is 5.94. The molecular weight excluding hydrogens is 350 g/mol. The van der Waals surface area contributed by atoms with Gasteiger partial charge in [0.25, 0.3) is 5.89 Å². The van der Waals surface area contributed by atoms with Gasteiger partial charge in [-0.2, -0.15) is 4.98 Å². The van der Waals surface area contributed by atoms with Gasteiger partial charge in [0.2, 0.25) is 5.82 Å². The fraction of sp³-hybridized carbons (Fsp3) is 0. The molecule has 0 aliphatic heterocycles. The number of halogens is 2. The Labute approximate surface area is 126 Å². The van der Waals surface area contributed by atoms with E-state index in [1.807, 2.05) is 11.4 Å². The van der Waals surface area contributed by atoms with Crippen LogP contribution in [0.25, 0.3) is 22.2 Å². The van der Waals surface area contributed by atoms with Crippen LogP contribution in [0.5, 0.6) is 0 Å². The van der Waals surface area contributed by atoms with Gasteiger partial charge in [-0.05, 0) is 40.2 Å². The number of anilines is 1. The van der Waals surface area contributed by atoms with Gasteiger partial charge in [0, 0.05) is 20.6 Å². The van der Waals surface area contributed by atoms with Gasteiger partial charge in [0.1, 0.15) is 0 Å². The Morgan fingerprint density at radius 2 is 2.16 bits per heavy atom. The molecule has 3 rings (SSSR count). The average Bonchev–Trinajstić information content (AvgIpc) is 3.00. The molecule has 19 heavy (non-hydrogen) atoms. The average molecular weight is 357 g/mol. The third-order valence-electron chi connectivity index (χ3n) is 2.46. The van der Waals surface area contributed by atoms with Crippen molar-refractivity contribution >= 4 is 44.6 Å². The minimum absolute atomic E-state index is 0.361. The molecule has 0 radical (unpaired) electrons. The fourth-order valence-corrected chi connectivity index (χ4v) is 3.10. The van der Waals surface area contributed by atoms with E-state index in [9.17, 15) is 0 Å². The monoisotopic (exact) mass is 355 g/mol. The lowest BCUT2D eigenvalue weighted by atomic mass is 10.2. The van der Waals surface area contributed by atoms with Gasteiger partial charge in [-0.3, -0.25) is 0 Å². The van der Waals surface area contributed by atoms with Crippen LogP contribution in [0, 0.1) is 0 Å². The molecule has 0 amide bonds. The van der Waals surface area contributed by atoms with Gasteiger partial charge >= 0.3 is 0 Å². The predicted molar refractivity (Wildman–Crippen MR) is 80.2 cm³/mol. The summed E-state index contributed by atoms with van der Waals surface area (Å²) in [6, 6.07) is 7.07. The summed E-state index contributed by atoms with van der Waals surface area (Å²) in [5.41, 5.74) is 7.07. The van der Waals surface area contributed by atoms with Crippen LogP contribution < -0.4 is 5.73 Å². The largest absolute Gasteiger partial charge is 0.398 e. The molecule has 0 bridgehead atoms. The Kier molecular flexibility index (Phi) is 3.30. The summed E-state index contributed by atoms with van der Waals surface area (Å²) in [5.74, 6) is 0.893. The van der Waals surface area contributed by atoms with Gasteiger partial charge < -0.3 is 10.3 Å². The molecule has 2 aromatic heterocycles. The summed E-state index contributed by atoms with van der Waals surface area (Å²) in [4.78, 5) is 5.26. The van der Waals surface area contributed by atoms with E-state index in [2.05, 4.69) is 26.1 Å². The molecule has 2 N–H and O–H groups in total. The minimum Gasteiger partial charge on any atom is -0.398 e. The molecule has 0 atom stereocenters. The standard InChI is InChI=1S/C12H7BrClN3OS/c13-6-3-10(19-5-6)11-16-12(18-17-11)8-4-7(14)1-2-9(8)15/h1-5H,15H2. The first-order valence-electron chi connectivity index (χ1n) is 5.27. The topological polar surface area (TPSA) is 64.9 Å². The minimum atomic E-state index is 0.361. The number of nitrogen functional groups attached to an aromatic ring is 1. The highest BCUT2D eigenvalue weighted by atomic mass is 79.9. The number of hydrogen-bond acceptors (Lipinski definition) is 5. The lowest BCUT2D eigenvalue weighted by Crippen LogP contribution is -1.89. The van der Waals surface area contributed by atoms with E-state index in [1.165, 1.54) is 11.3 Å². The van der Waals surface area contributed by atoms with Crippen LogP contribution in [0.15, 0.2) is 38.6 Å². The van der Waals surface area contributed by atoms with Gasteiger partial charge in [-0.1, -0.05) is 16.8 Å². The zero-order valence-corrected chi connectivity index (χ0v) is 12.6. The van der Waals surface area contributed by atoms with Crippen LogP contribution in [0.3, 0.4) is 0 Å². The van der Waals surface area contributed by atoms with E-state index in [0.717, 1.165) is 9.35 Å². The number of hydrogen-bond donors (Lipinski definition) is 1. The van der Waals surface area contributed by atoms with E-state index in [4.69, 9.17) is 21.9 Å². The van der Waals surface area contributed by atoms with Crippen LogP contribution in [0.2, 0.25) is 5.02 Å². The normalized spacial score (nSPS) is 10.8. The maximum Gasteiger partial charge on any atom is 0.260 e. The number of nitrogens with two attached hydrogens (primary N) is 1. The molecule has 0 aliphatic rings. The summed E-state index contributed by atoms with van der Waals surface area (Å²) < 4.78 is 6.23. The van der Waals surface area contributed by atoms with E-state index in [1.54, 1.807) is 18.2 Å². The van der Waals surface area contributed by atoms with Crippen LogP contribution in [0.4, 0.5) is 5.69 Å². The molecule has 0 saturated heterocycles. The predicted octanol–water partition coefficient (Wildman–Crippen LogP) is 4.46. The second-order valence-corrected chi connectivity index (χ2v) is 6.05. The van der Waals surface area contributed by atoms with Crippen molar-refractivity contribution < 1.29 is 4.52 Å². The van der Waals surface area contributed by atoms with E-state index in [0.29, 0.717) is 28.0 Å². The van der Waals surface area contributed by atoms with E-state index < -0.39 is 0 Å². The molecule has 0 aliphatic carbocycles. The number of nitrogens with zero attached hydrogens (tertiary/aromatic N) is 2. The lowest BCUT2D eigenvalue weighted by Gasteiger charge is -1.99. The van der Waals surface area contributed by atoms with Gasteiger partial charge in [-0.15, -0.1) is 11.3 Å². The molecule has 0 fully saturated rings. The van der Waals surface area contributed by atoms with Crippen molar-refractivity contribution in [1.29, 1.82) is 0 Å². The number of aromatic nitrogens is 2. The first-order valence-corrected chi connectivity index (χ1v) is 7.32. The molecule has 0 spiro atoms. The number of thiophene rings is 1. The van der Waals surface area contributed by atoms with Crippen molar-refractivity contribution in [2.24, 2.45) is 0 Å². The van der Waals surface area contributed by atoms with Gasteiger partial charge in [-0.25, -0.2) is 0 Å². The van der Waals surface area contributed by atoms with Crippen molar-refractivity contribution in [3.8, 4) is 22.2 Å². The summed E-state index contributed by atoms with van der Waals surface area (Å²) in [6.45, 7) is 0. The zero-order valence-electron chi connectivity index (χ0n) is 9.43. The molecular formula is C12H7BrClN3OS. The quantitative estimate of drug-likeness (QED) is 0.688. The molecule has 0 saturated carbocycles. The number of rotatable bonds is 2. The van der Waals surface area contributed by atoms with E-state index >= 15 is 0 Å². The van der Waals surface area contributed by atoms with Crippen molar-refractivity contribution in [3.63, 3.8) is 0 Å².